The summed E-state index contributed by atoms with van der Waals surface area (Å²) < 4.78 is 17.4. The van der Waals surface area contributed by atoms with Gasteiger partial charge in [0.05, 0.1) is 16.3 Å². The van der Waals surface area contributed by atoms with Gasteiger partial charge in [-0.25, -0.2) is 9.97 Å². The van der Waals surface area contributed by atoms with E-state index in [1.54, 1.807) is 30.3 Å². The Hall–Kier alpha value is -3.05. The van der Waals surface area contributed by atoms with Crippen molar-refractivity contribution in [2.24, 2.45) is 5.73 Å². The van der Waals surface area contributed by atoms with E-state index in [1.807, 2.05) is 0 Å². The molecule has 1 unspecified atom stereocenters. The van der Waals surface area contributed by atoms with E-state index in [9.17, 15) is 13.8 Å². The molecule has 1 aromatic carbocycles. The molecule has 3 rings (SSSR count). The molecule has 12 heteroatoms. The average Bonchev–Trinajstić information content (AvgIpc) is 2.79. The van der Waals surface area contributed by atoms with E-state index in [-0.39, 0.29) is 54.1 Å². The summed E-state index contributed by atoms with van der Waals surface area (Å²) in [5.74, 6) is -0.576. The molecule has 3 aromatic rings. The smallest absolute Gasteiger partial charge is 0.277 e. The number of hydrogen-bond acceptors (Lipinski definition) is 7. The number of rotatable bonds is 8. The quantitative estimate of drug-likeness (QED) is 0.424. The molecule has 174 valence electrons. The molecule has 0 bridgehead atoms. The lowest BCUT2D eigenvalue weighted by molar-refractivity contribution is 0.102. The summed E-state index contributed by atoms with van der Waals surface area (Å²) in [6.07, 6.45) is 4.35. The van der Waals surface area contributed by atoms with Gasteiger partial charge in [-0.15, -0.1) is 12.4 Å². The molecule has 2 amide bonds. The molecule has 2 aromatic heterocycles. The highest BCUT2D eigenvalue weighted by Gasteiger charge is 2.19. The molecule has 0 saturated carbocycles. The number of halogens is 2. The number of ether oxygens (including phenoxy) is 1. The topological polar surface area (TPSA) is 136 Å². The number of amides is 2. The fourth-order valence-corrected chi connectivity index (χ4v) is 3.30. The lowest BCUT2D eigenvalue weighted by Crippen LogP contribution is -2.21. The lowest BCUT2D eigenvalue weighted by Gasteiger charge is -2.14. The summed E-state index contributed by atoms with van der Waals surface area (Å²) in [7, 11) is -1.26. The van der Waals surface area contributed by atoms with Crippen molar-refractivity contribution in [3.8, 4) is 5.75 Å². The minimum atomic E-state index is -1.26. The monoisotopic (exact) mass is 509 g/mol. The number of carbonyl (C=O) groups excluding carboxylic acids is 2. The van der Waals surface area contributed by atoms with Crippen LogP contribution >= 0.6 is 24.0 Å². The van der Waals surface area contributed by atoms with Gasteiger partial charge in [0.25, 0.3) is 11.8 Å². The standard InChI is InChI=1S/C21H20ClN5O4S.ClH/c1-32(30)14-5-6-15(17(11-14)31-10-8-23)20(28)26-16-3-2-9-24-19(16)21(29)27-18-7-4-13(22)12-25-18;/h2-7,9,11-12H,8,10,23H2,1H3,(H,26,28)(H,25,27,29);1H. The Bertz CT molecular complexity index is 1160. The first-order chi connectivity index (χ1) is 15.4. The normalized spacial score (nSPS) is 11.1. The zero-order valence-corrected chi connectivity index (χ0v) is 19.8. The number of nitrogens with zero attached hydrogens (tertiary/aromatic N) is 2. The van der Waals surface area contributed by atoms with Gasteiger partial charge in [0.1, 0.15) is 18.2 Å². The molecule has 0 aliphatic rings. The second-order valence-corrected chi connectivity index (χ2v) is 8.23. The SMILES string of the molecule is CS(=O)c1ccc(C(=O)Nc2cccnc2C(=O)Nc2ccc(Cl)cn2)c(OCCN)c1.Cl. The molecule has 1 atom stereocenters. The van der Waals surface area contributed by atoms with Crippen molar-refractivity contribution < 1.29 is 18.5 Å². The third-order valence-electron chi connectivity index (χ3n) is 4.15. The van der Waals surface area contributed by atoms with Crippen LogP contribution in [-0.4, -0.2) is 45.4 Å². The Morgan fingerprint density at radius 1 is 1.12 bits per heavy atom. The van der Waals surface area contributed by atoms with Gasteiger partial charge in [-0.05, 0) is 42.5 Å². The minimum Gasteiger partial charge on any atom is -0.491 e. The van der Waals surface area contributed by atoms with Crippen LogP contribution in [0.15, 0.2) is 59.8 Å². The summed E-state index contributed by atoms with van der Waals surface area (Å²) >= 11 is 5.81. The molecular formula is C21H21Cl2N5O4S. The van der Waals surface area contributed by atoms with E-state index in [0.29, 0.717) is 9.92 Å². The number of hydrogen-bond donors (Lipinski definition) is 3. The summed E-state index contributed by atoms with van der Waals surface area (Å²) in [5.41, 5.74) is 5.88. The largest absolute Gasteiger partial charge is 0.491 e. The maximum Gasteiger partial charge on any atom is 0.277 e. The summed E-state index contributed by atoms with van der Waals surface area (Å²) in [6.45, 7) is 0.418. The number of anilines is 2. The number of nitrogens with one attached hydrogen (secondary N) is 2. The molecule has 0 saturated heterocycles. The lowest BCUT2D eigenvalue weighted by atomic mass is 10.1. The highest BCUT2D eigenvalue weighted by atomic mass is 35.5. The van der Waals surface area contributed by atoms with Crippen LogP contribution in [0.4, 0.5) is 11.5 Å². The number of nitrogens with two attached hydrogens (primary N) is 1. The Morgan fingerprint density at radius 3 is 2.58 bits per heavy atom. The zero-order valence-electron chi connectivity index (χ0n) is 17.4. The molecule has 2 heterocycles. The van der Waals surface area contributed by atoms with Crippen molar-refractivity contribution in [2.45, 2.75) is 4.90 Å². The predicted molar refractivity (Wildman–Crippen MR) is 130 cm³/mol. The molecule has 9 nitrogen and oxygen atoms in total. The second-order valence-electron chi connectivity index (χ2n) is 6.42. The van der Waals surface area contributed by atoms with E-state index in [0.717, 1.165) is 0 Å². The number of benzene rings is 1. The van der Waals surface area contributed by atoms with Gasteiger partial charge in [0, 0.05) is 40.9 Å². The molecule has 33 heavy (non-hydrogen) atoms. The van der Waals surface area contributed by atoms with E-state index in [2.05, 4.69) is 20.6 Å². The highest BCUT2D eigenvalue weighted by Crippen LogP contribution is 2.24. The first-order valence-electron chi connectivity index (χ1n) is 9.38. The fourth-order valence-electron chi connectivity index (χ4n) is 2.66. The van der Waals surface area contributed by atoms with Crippen molar-refractivity contribution in [1.82, 2.24) is 9.97 Å². The molecule has 0 aliphatic heterocycles. The average molecular weight is 510 g/mol. The number of pyridine rings is 2. The van der Waals surface area contributed by atoms with E-state index >= 15 is 0 Å². The molecule has 0 aliphatic carbocycles. The van der Waals surface area contributed by atoms with Crippen LogP contribution in [0.5, 0.6) is 5.75 Å². The third-order valence-corrected chi connectivity index (χ3v) is 5.29. The maximum absolute atomic E-state index is 13.0. The van der Waals surface area contributed by atoms with Crippen molar-refractivity contribution in [1.29, 1.82) is 0 Å². The van der Waals surface area contributed by atoms with E-state index in [1.165, 1.54) is 30.8 Å². The summed E-state index contributed by atoms with van der Waals surface area (Å²) in [5, 5.41) is 5.71. The highest BCUT2D eigenvalue weighted by molar-refractivity contribution is 7.84. The van der Waals surface area contributed by atoms with Crippen molar-refractivity contribution in [2.75, 3.05) is 30.0 Å². The van der Waals surface area contributed by atoms with Crippen LogP contribution in [0.3, 0.4) is 0 Å². The Kier molecular flexibility index (Phi) is 9.74. The van der Waals surface area contributed by atoms with Crippen LogP contribution < -0.4 is 21.1 Å². The number of aromatic nitrogens is 2. The summed E-state index contributed by atoms with van der Waals surface area (Å²) in [4.78, 5) is 34.3. The van der Waals surface area contributed by atoms with Crippen LogP contribution in [-0.2, 0) is 10.8 Å². The van der Waals surface area contributed by atoms with Gasteiger partial charge >= 0.3 is 0 Å². The van der Waals surface area contributed by atoms with E-state index in [4.69, 9.17) is 22.1 Å². The molecule has 0 fully saturated rings. The first kappa shape index (κ1) is 26.2. The van der Waals surface area contributed by atoms with Crippen LogP contribution in [0.25, 0.3) is 0 Å². The van der Waals surface area contributed by atoms with Gasteiger partial charge < -0.3 is 21.1 Å². The van der Waals surface area contributed by atoms with Crippen molar-refractivity contribution in [3.63, 3.8) is 0 Å². The molecule has 0 radical (unpaired) electrons. The van der Waals surface area contributed by atoms with Gasteiger partial charge in [-0.1, -0.05) is 11.6 Å². The van der Waals surface area contributed by atoms with Gasteiger partial charge in [0.2, 0.25) is 0 Å². The third kappa shape index (κ3) is 6.96. The van der Waals surface area contributed by atoms with Crippen LogP contribution in [0.1, 0.15) is 20.8 Å². The predicted octanol–water partition coefficient (Wildman–Crippen LogP) is 3.13. The maximum atomic E-state index is 13.0. The summed E-state index contributed by atoms with van der Waals surface area (Å²) in [6, 6.07) is 10.9. The van der Waals surface area contributed by atoms with Crippen molar-refractivity contribution >= 4 is 58.1 Å². The Morgan fingerprint density at radius 2 is 1.91 bits per heavy atom. The zero-order chi connectivity index (χ0) is 23.1. The number of carbonyl (C=O) groups is 2. The van der Waals surface area contributed by atoms with E-state index < -0.39 is 22.6 Å². The molecule has 4 N–H and O–H groups in total. The molecular weight excluding hydrogens is 489 g/mol. The van der Waals surface area contributed by atoms with Gasteiger partial charge in [-0.2, -0.15) is 0 Å². The Labute approximate surface area is 204 Å². The molecule has 0 spiro atoms. The van der Waals surface area contributed by atoms with Crippen LogP contribution in [0, 0.1) is 0 Å². The minimum absolute atomic E-state index is 0. The first-order valence-corrected chi connectivity index (χ1v) is 11.3. The fraction of sp³-hybridized carbons (Fsp3) is 0.143. The van der Waals surface area contributed by atoms with Gasteiger partial charge in [-0.3, -0.25) is 13.8 Å². The second kappa shape index (κ2) is 12.3. The van der Waals surface area contributed by atoms with Crippen molar-refractivity contribution in [3.05, 3.63) is 71.1 Å². The van der Waals surface area contributed by atoms with Crippen LogP contribution in [0.2, 0.25) is 5.02 Å². The Balaban J connectivity index is 0.00000385. The van der Waals surface area contributed by atoms with Gasteiger partial charge in [0.15, 0.2) is 5.69 Å².